The maximum absolute atomic E-state index is 12.7. The van der Waals surface area contributed by atoms with Crippen molar-refractivity contribution < 1.29 is 14.9 Å². The predicted octanol–water partition coefficient (Wildman–Crippen LogP) is 0.00742. The summed E-state index contributed by atoms with van der Waals surface area (Å²) < 4.78 is 7.92. The second-order valence-electron chi connectivity index (χ2n) is 6.03. The largest absolute Gasteiger partial charge is 0.394 e. The number of nitrogens with zero attached hydrogens (tertiary/aromatic N) is 2. The standard InChI is InChI=1S/C17H20N2O5/c1-11-3-2-4-12(7-11)9-19-15(22)5-6-18(17(19)23)16-8-13(21)14(10-20)24-16/h2-7,13-14,16,20-21H,8-10H2,1H3/t13-,14+,16+/m0/s1. The average molecular weight is 332 g/mol. The van der Waals surface area contributed by atoms with Gasteiger partial charge in [0.1, 0.15) is 12.3 Å². The molecule has 0 aliphatic carbocycles. The summed E-state index contributed by atoms with van der Waals surface area (Å²) >= 11 is 0. The van der Waals surface area contributed by atoms with Crippen LogP contribution in [0.15, 0.2) is 46.1 Å². The molecule has 0 saturated carbocycles. The minimum atomic E-state index is -0.843. The van der Waals surface area contributed by atoms with E-state index < -0.39 is 29.7 Å². The van der Waals surface area contributed by atoms with E-state index in [4.69, 9.17) is 9.84 Å². The van der Waals surface area contributed by atoms with Gasteiger partial charge in [-0.25, -0.2) is 4.79 Å². The molecule has 3 rings (SSSR count). The fourth-order valence-corrected chi connectivity index (χ4v) is 2.94. The molecule has 7 nitrogen and oxygen atoms in total. The molecular formula is C17H20N2O5. The van der Waals surface area contributed by atoms with Crippen molar-refractivity contribution in [1.82, 2.24) is 9.13 Å². The highest BCUT2D eigenvalue weighted by Crippen LogP contribution is 2.27. The van der Waals surface area contributed by atoms with Crippen LogP contribution in [-0.2, 0) is 11.3 Å². The molecule has 128 valence electrons. The lowest BCUT2D eigenvalue weighted by Gasteiger charge is -2.16. The van der Waals surface area contributed by atoms with Gasteiger partial charge in [0.15, 0.2) is 0 Å². The number of benzene rings is 1. The maximum atomic E-state index is 12.7. The van der Waals surface area contributed by atoms with E-state index >= 15 is 0 Å². The third-order valence-corrected chi connectivity index (χ3v) is 4.21. The van der Waals surface area contributed by atoms with E-state index in [2.05, 4.69) is 0 Å². The number of aliphatic hydroxyl groups is 2. The second-order valence-corrected chi connectivity index (χ2v) is 6.03. The van der Waals surface area contributed by atoms with E-state index in [0.29, 0.717) is 0 Å². The van der Waals surface area contributed by atoms with Crippen molar-refractivity contribution >= 4 is 0 Å². The first kappa shape index (κ1) is 16.6. The second kappa shape index (κ2) is 6.72. The normalized spacial score (nSPS) is 23.5. The van der Waals surface area contributed by atoms with Crippen LogP contribution in [0, 0.1) is 6.92 Å². The van der Waals surface area contributed by atoms with Crippen LogP contribution < -0.4 is 11.2 Å². The van der Waals surface area contributed by atoms with Crippen molar-refractivity contribution in [2.24, 2.45) is 0 Å². The first-order valence-electron chi connectivity index (χ1n) is 7.81. The van der Waals surface area contributed by atoms with Gasteiger partial charge >= 0.3 is 5.69 Å². The molecule has 1 saturated heterocycles. The van der Waals surface area contributed by atoms with Crippen molar-refractivity contribution in [3.63, 3.8) is 0 Å². The Morgan fingerprint density at radius 1 is 1.29 bits per heavy atom. The van der Waals surface area contributed by atoms with Crippen LogP contribution in [-0.4, -0.2) is 38.2 Å². The molecule has 1 aromatic carbocycles. The summed E-state index contributed by atoms with van der Waals surface area (Å²) in [6.45, 7) is 1.78. The number of hydrogen-bond donors (Lipinski definition) is 2. The Labute approximate surface area is 138 Å². The van der Waals surface area contributed by atoms with E-state index in [1.54, 1.807) is 0 Å². The first-order chi connectivity index (χ1) is 11.5. The summed E-state index contributed by atoms with van der Waals surface area (Å²) in [4.78, 5) is 24.8. The van der Waals surface area contributed by atoms with Crippen molar-refractivity contribution in [2.75, 3.05) is 6.61 Å². The van der Waals surface area contributed by atoms with Gasteiger partial charge in [-0.1, -0.05) is 29.8 Å². The first-order valence-corrected chi connectivity index (χ1v) is 7.81. The van der Waals surface area contributed by atoms with E-state index in [9.17, 15) is 14.7 Å². The van der Waals surface area contributed by atoms with Gasteiger partial charge in [0, 0.05) is 18.7 Å². The summed E-state index contributed by atoms with van der Waals surface area (Å²) in [6.07, 6.45) is -0.709. The van der Waals surface area contributed by atoms with Gasteiger partial charge in [-0.3, -0.25) is 13.9 Å². The average Bonchev–Trinajstić information content (AvgIpc) is 2.92. The van der Waals surface area contributed by atoms with Crippen molar-refractivity contribution in [1.29, 1.82) is 0 Å². The quantitative estimate of drug-likeness (QED) is 0.822. The van der Waals surface area contributed by atoms with Gasteiger partial charge in [0.05, 0.1) is 19.3 Å². The molecule has 1 aliphatic heterocycles. The van der Waals surface area contributed by atoms with Gasteiger partial charge in [-0.2, -0.15) is 0 Å². The molecule has 1 fully saturated rings. The van der Waals surface area contributed by atoms with Gasteiger partial charge in [-0.15, -0.1) is 0 Å². The lowest BCUT2D eigenvalue weighted by atomic mass is 10.1. The van der Waals surface area contributed by atoms with Crippen molar-refractivity contribution in [2.45, 2.75) is 38.3 Å². The van der Waals surface area contributed by atoms with Crippen LogP contribution in [0.1, 0.15) is 23.8 Å². The molecule has 3 atom stereocenters. The Morgan fingerprint density at radius 2 is 2.08 bits per heavy atom. The highest BCUT2D eigenvalue weighted by molar-refractivity contribution is 5.22. The summed E-state index contributed by atoms with van der Waals surface area (Å²) in [5.41, 5.74) is 1.01. The number of aromatic nitrogens is 2. The molecule has 0 bridgehead atoms. The Kier molecular flexibility index (Phi) is 4.66. The monoisotopic (exact) mass is 332 g/mol. The molecule has 2 aromatic rings. The fraction of sp³-hybridized carbons (Fsp3) is 0.412. The zero-order valence-corrected chi connectivity index (χ0v) is 13.3. The van der Waals surface area contributed by atoms with Crippen LogP contribution in [0.25, 0.3) is 0 Å². The van der Waals surface area contributed by atoms with Crippen LogP contribution in [0.2, 0.25) is 0 Å². The zero-order valence-electron chi connectivity index (χ0n) is 13.3. The number of aryl methyl sites for hydroxylation is 1. The highest BCUT2D eigenvalue weighted by Gasteiger charge is 2.35. The molecule has 24 heavy (non-hydrogen) atoms. The number of aliphatic hydroxyl groups excluding tert-OH is 2. The molecule has 2 N–H and O–H groups in total. The highest BCUT2D eigenvalue weighted by atomic mass is 16.5. The SMILES string of the molecule is Cc1cccc(Cn2c(=O)ccn([C@H]3C[C@H](O)[C@@H](CO)O3)c2=O)c1. The van der Waals surface area contributed by atoms with E-state index in [0.717, 1.165) is 15.7 Å². The maximum Gasteiger partial charge on any atom is 0.333 e. The molecule has 7 heteroatoms. The van der Waals surface area contributed by atoms with Gasteiger partial charge < -0.3 is 14.9 Å². The molecule has 2 heterocycles. The van der Waals surface area contributed by atoms with Gasteiger partial charge in [-0.05, 0) is 12.5 Å². The Morgan fingerprint density at radius 3 is 2.75 bits per heavy atom. The third kappa shape index (κ3) is 3.19. The van der Waals surface area contributed by atoms with Crippen LogP contribution in [0.5, 0.6) is 0 Å². The lowest BCUT2D eigenvalue weighted by Crippen LogP contribution is -2.40. The topological polar surface area (TPSA) is 93.7 Å². The lowest BCUT2D eigenvalue weighted by molar-refractivity contribution is -0.0463. The molecule has 0 radical (unpaired) electrons. The van der Waals surface area contributed by atoms with Crippen molar-refractivity contribution in [3.8, 4) is 0 Å². The number of hydrogen-bond acceptors (Lipinski definition) is 5. The van der Waals surface area contributed by atoms with Crippen molar-refractivity contribution in [3.05, 3.63) is 68.5 Å². The molecule has 0 amide bonds. The van der Waals surface area contributed by atoms with E-state index in [1.807, 2.05) is 31.2 Å². The van der Waals surface area contributed by atoms with E-state index in [1.165, 1.54) is 16.8 Å². The van der Waals surface area contributed by atoms with Crippen LogP contribution in [0.4, 0.5) is 0 Å². The molecule has 0 spiro atoms. The predicted molar refractivity (Wildman–Crippen MR) is 86.9 cm³/mol. The number of ether oxygens (including phenoxy) is 1. The Balaban J connectivity index is 1.94. The molecule has 0 unspecified atom stereocenters. The Hall–Kier alpha value is -2.22. The molecule has 1 aliphatic rings. The van der Waals surface area contributed by atoms with Gasteiger partial charge in [0.25, 0.3) is 5.56 Å². The minimum absolute atomic E-state index is 0.166. The van der Waals surface area contributed by atoms with E-state index in [-0.39, 0.29) is 19.6 Å². The number of rotatable bonds is 4. The van der Waals surface area contributed by atoms with Crippen LogP contribution >= 0.6 is 0 Å². The minimum Gasteiger partial charge on any atom is -0.394 e. The summed E-state index contributed by atoms with van der Waals surface area (Å²) in [7, 11) is 0. The fourth-order valence-electron chi connectivity index (χ4n) is 2.94. The van der Waals surface area contributed by atoms with Crippen LogP contribution in [0.3, 0.4) is 0 Å². The summed E-state index contributed by atoms with van der Waals surface area (Å²) in [6, 6.07) is 8.89. The summed E-state index contributed by atoms with van der Waals surface area (Å²) in [5.74, 6) is 0. The smallest absolute Gasteiger partial charge is 0.333 e. The molecular weight excluding hydrogens is 312 g/mol. The summed E-state index contributed by atoms with van der Waals surface area (Å²) in [5, 5.41) is 19.0. The molecule has 1 aromatic heterocycles. The Bertz CT molecular complexity index is 841. The van der Waals surface area contributed by atoms with Gasteiger partial charge in [0.2, 0.25) is 0 Å². The third-order valence-electron chi connectivity index (χ3n) is 4.21. The zero-order chi connectivity index (χ0) is 17.3.